The smallest absolute Gasteiger partial charge is 0.425 e. The van der Waals surface area contributed by atoms with Crippen molar-refractivity contribution in [1.82, 2.24) is 19.8 Å². The van der Waals surface area contributed by atoms with Gasteiger partial charge in [0.15, 0.2) is 6.29 Å². The maximum Gasteiger partial charge on any atom is 0.573 e. The Bertz CT molecular complexity index is 1400. The number of amides is 2. The minimum absolute atomic E-state index is 0.0151. The van der Waals surface area contributed by atoms with E-state index in [0.29, 0.717) is 11.6 Å². The number of benzene rings is 2. The van der Waals surface area contributed by atoms with Gasteiger partial charge in [-0.05, 0) is 65.0 Å². The van der Waals surface area contributed by atoms with Crippen molar-refractivity contribution in [3.05, 3.63) is 69.4 Å². The number of carbonyl (C=O) groups is 2. The third-order valence-electron chi connectivity index (χ3n) is 6.30. The van der Waals surface area contributed by atoms with Crippen molar-refractivity contribution in [1.29, 1.82) is 0 Å². The molecular weight excluding hydrogens is 661 g/mol. The van der Waals surface area contributed by atoms with Crippen LogP contribution in [0.15, 0.2) is 53.1 Å². The minimum Gasteiger partial charge on any atom is -0.425 e. The average Bonchev–Trinajstić information content (AvgIpc) is 3.26. The van der Waals surface area contributed by atoms with E-state index in [9.17, 15) is 22.8 Å². The summed E-state index contributed by atoms with van der Waals surface area (Å²) in [6, 6.07) is 11.7. The number of rotatable bonds is 12. The van der Waals surface area contributed by atoms with Gasteiger partial charge in [0.2, 0.25) is 5.91 Å². The zero-order valence-corrected chi connectivity index (χ0v) is 25.4. The maximum absolute atomic E-state index is 14.0. The molecule has 1 aliphatic heterocycles. The second-order valence-electron chi connectivity index (χ2n) is 9.44. The van der Waals surface area contributed by atoms with Crippen LogP contribution in [0.3, 0.4) is 0 Å². The zero-order valence-electron chi connectivity index (χ0n) is 23.0. The van der Waals surface area contributed by atoms with Crippen LogP contribution in [0.25, 0.3) is 0 Å². The molecule has 2 aromatic carbocycles. The zero-order chi connectivity index (χ0) is 31.0. The normalized spacial score (nSPS) is 15.2. The molecule has 0 radical (unpaired) electrons. The largest absolute Gasteiger partial charge is 0.573 e. The number of carbonyl (C=O) groups excluding carboxylic acids is 2. The van der Waals surface area contributed by atoms with Crippen LogP contribution >= 0.6 is 27.5 Å². The molecule has 3 aromatic rings. The van der Waals surface area contributed by atoms with Gasteiger partial charge in [0, 0.05) is 31.3 Å². The first-order valence-electron chi connectivity index (χ1n) is 13.3. The van der Waals surface area contributed by atoms with Crippen LogP contribution < -0.4 is 14.8 Å². The molecule has 1 aromatic heterocycles. The molecule has 2 amide bonds. The highest BCUT2D eigenvalue weighted by molar-refractivity contribution is 9.10. The van der Waals surface area contributed by atoms with E-state index in [0.717, 1.165) is 37.0 Å². The monoisotopic (exact) mass is 688 g/mol. The predicted molar refractivity (Wildman–Crippen MR) is 153 cm³/mol. The lowest BCUT2D eigenvalue weighted by molar-refractivity contribution is -0.274. The Morgan fingerprint density at radius 3 is 2.60 bits per heavy atom. The molecule has 15 heteroatoms. The molecular formula is C28H29BrClF3N4O6. The quantitative estimate of drug-likeness (QED) is 0.258. The molecule has 1 fully saturated rings. The summed E-state index contributed by atoms with van der Waals surface area (Å²) in [5.74, 6) is -1.47. The Morgan fingerprint density at radius 2 is 1.93 bits per heavy atom. The van der Waals surface area contributed by atoms with Gasteiger partial charge in [-0.15, -0.1) is 13.2 Å². The lowest BCUT2D eigenvalue weighted by Gasteiger charge is -2.26. The van der Waals surface area contributed by atoms with Crippen molar-refractivity contribution in [3.63, 3.8) is 0 Å². The molecule has 2 heterocycles. The fourth-order valence-corrected chi connectivity index (χ4v) is 4.90. The van der Waals surface area contributed by atoms with Gasteiger partial charge in [0.1, 0.15) is 21.8 Å². The Morgan fingerprint density at radius 1 is 1.19 bits per heavy atom. The predicted octanol–water partition coefficient (Wildman–Crippen LogP) is 5.77. The van der Waals surface area contributed by atoms with E-state index in [-0.39, 0.29) is 54.6 Å². The third kappa shape index (κ3) is 9.58. The van der Waals surface area contributed by atoms with E-state index in [1.54, 1.807) is 24.3 Å². The van der Waals surface area contributed by atoms with Crippen LogP contribution in [0.1, 0.15) is 35.3 Å². The number of alkyl halides is 3. The maximum atomic E-state index is 14.0. The highest BCUT2D eigenvalue weighted by Crippen LogP contribution is 2.32. The van der Waals surface area contributed by atoms with Gasteiger partial charge in [-0.1, -0.05) is 29.8 Å². The number of hydrogen-bond donors (Lipinski definition) is 1. The highest BCUT2D eigenvalue weighted by Gasteiger charge is 2.32. The number of nitrogens with one attached hydrogen (secondary N) is 1. The summed E-state index contributed by atoms with van der Waals surface area (Å²) in [6.45, 7) is 0.584. The number of hydrogen-bond acceptors (Lipinski definition) is 7. The summed E-state index contributed by atoms with van der Waals surface area (Å²) in [7, 11) is 1.46. The van der Waals surface area contributed by atoms with E-state index in [4.69, 9.17) is 25.8 Å². The molecule has 0 aliphatic carbocycles. The highest BCUT2D eigenvalue weighted by atomic mass is 79.9. The number of ether oxygens (including phenoxy) is 4. The molecule has 0 bridgehead atoms. The van der Waals surface area contributed by atoms with Crippen molar-refractivity contribution in [3.8, 4) is 17.5 Å². The van der Waals surface area contributed by atoms with Gasteiger partial charge in [-0.2, -0.15) is 4.98 Å². The lowest BCUT2D eigenvalue weighted by Crippen LogP contribution is -2.42. The molecule has 232 valence electrons. The Labute approximate surface area is 259 Å². The van der Waals surface area contributed by atoms with Crippen molar-refractivity contribution in [2.75, 3.05) is 33.4 Å². The summed E-state index contributed by atoms with van der Waals surface area (Å²) in [6.07, 6.45) is -2.62. The topological polar surface area (TPSA) is 104 Å². The van der Waals surface area contributed by atoms with Crippen molar-refractivity contribution >= 4 is 39.3 Å². The summed E-state index contributed by atoms with van der Waals surface area (Å²) >= 11 is 9.38. The average molecular weight is 690 g/mol. The fraction of sp³-hybridized carbons (Fsp3) is 0.393. The van der Waals surface area contributed by atoms with E-state index in [1.165, 1.54) is 28.6 Å². The van der Waals surface area contributed by atoms with Crippen molar-refractivity contribution < 1.29 is 41.7 Å². The van der Waals surface area contributed by atoms with Gasteiger partial charge < -0.3 is 29.2 Å². The van der Waals surface area contributed by atoms with Crippen LogP contribution in [0.4, 0.5) is 13.2 Å². The summed E-state index contributed by atoms with van der Waals surface area (Å²) in [4.78, 5) is 32.0. The van der Waals surface area contributed by atoms with Gasteiger partial charge >= 0.3 is 12.4 Å². The fourth-order valence-electron chi connectivity index (χ4n) is 4.24. The van der Waals surface area contributed by atoms with E-state index in [2.05, 4.69) is 31.0 Å². The Kier molecular flexibility index (Phi) is 11.3. The summed E-state index contributed by atoms with van der Waals surface area (Å²) in [5.41, 5.74) is 0.767. The second-order valence-corrected chi connectivity index (χ2v) is 10.6. The Hall–Kier alpha value is -3.33. The molecule has 1 atom stereocenters. The molecule has 0 saturated carbocycles. The molecule has 1 saturated heterocycles. The number of nitrogens with zero attached hydrogens (tertiary/aromatic N) is 3. The third-order valence-corrected chi connectivity index (χ3v) is 7.10. The number of halogens is 5. The van der Waals surface area contributed by atoms with Gasteiger partial charge in [-0.3, -0.25) is 14.2 Å². The molecule has 4 rings (SSSR count). The Balaban J connectivity index is 1.65. The van der Waals surface area contributed by atoms with Crippen LogP contribution in [-0.4, -0.2) is 72.3 Å². The van der Waals surface area contributed by atoms with Gasteiger partial charge in [0.25, 0.3) is 5.91 Å². The van der Waals surface area contributed by atoms with E-state index in [1.807, 2.05) is 0 Å². The first-order chi connectivity index (χ1) is 20.5. The second kappa shape index (κ2) is 14.9. The number of aromatic nitrogens is 2. The molecule has 1 unspecified atom stereocenters. The number of likely N-dealkylation sites (N-methyl/N-ethyl adjacent to an activating group) is 1. The molecule has 1 N–H and O–H groups in total. The molecule has 0 spiro atoms. The van der Waals surface area contributed by atoms with Crippen molar-refractivity contribution in [2.24, 2.45) is 0 Å². The summed E-state index contributed by atoms with van der Waals surface area (Å²) < 4.78 is 61.2. The molecule has 1 aliphatic rings. The first-order valence-corrected chi connectivity index (χ1v) is 14.5. The van der Waals surface area contributed by atoms with Crippen molar-refractivity contribution in [2.45, 2.75) is 38.5 Å². The minimum atomic E-state index is -4.89. The van der Waals surface area contributed by atoms with Gasteiger partial charge in [0.05, 0.1) is 19.7 Å². The van der Waals surface area contributed by atoms with E-state index < -0.39 is 23.9 Å². The molecule has 43 heavy (non-hydrogen) atoms. The van der Waals surface area contributed by atoms with E-state index >= 15 is 0 Å². The van der Waals surface area contributed by atoms with Crippen LogP contribution in [0.2, 0.25) is 5.02 Å². The van der Waals surface area contributed by atoms with Crippen LogP contribution in [-0.2, 0) is 20.8 Å². The first kappa shape index (κ1) is 32.6. The lowest BCUT2D eigenvalue weighted by atomic mass is 10.2. The standard InChI is InChI=1S/C28H29BrClF3N4O6/c1-34-22(38)17-36(12-14-41-23-7-2-3-13-40-23)26(39)24-25(29)35-27(37(24)16-18-8-10-19(30)11-9-18)42-20-5-4-6-21(15-20)43-28(31,32)33/h4-6,8-11,15,23H,2-3,7,12-14,16-17H2,1H3,(H,34,38). The van der Waals surface area contributed by atoms with Crippen LogP contribution in [0.5, 0.6) is 17.5 Å². The van der Waals surface area contributed by atoms with Crippen LogP contribution in [0, 0.1) is 0 Å². The number of imidazole rings is 1. The summed E-state index contributed by atoms with van der Waals surface area (Å²) in [5, 5.41) is 3.02. The van der Waals surface area contributed by atoms with Gasteiger partial charge in [-0.25, -0.2) is 0 Å². The molecule has 10 nitrogen and oxygen atoms in total. The SMILES string of the molecule is CNC(=O)CN(CCOC1CCCCO1)C(=O)c1c(Br)nc(Oc2cccc(OC(F)(F)F)c2)n1Cc1ccc(Cl)cc1.